The van der Waals surface area contributed by atoms with E-state index in [1.165, 1.54) is 26.2 Å². The van der Waals surface area contributed by atoms with Crippen molar-refractivity contribution in [2.24, 2.45) is 0 Å². The number of fused-ring (bicyclic) bond motifs is 1. The molecule has 0 spiro atoms. The molecular formula is C19H27F2N7O4S. The van der Waals surface area contributed by atoms with Crippen LogP contribution in [0.1, 0.15) is 14.0 Å². The Kier molecular flexibility index (Phi) is 8.50. The molecule has 4 aromatic rings. The number of anilines is 1. The fourth-order valence-corrected chi connectivity index (χ4v) is 3.88. The van der Waals surface area contributed by atoms with E-state index in [1.807, 2.05) is 25.3 Å². The van der Waals surface area contributed by atoms with E-state index in [0.29, 0.717) is 0 Å². The Hall–Kier alpha value is -3.49. The normalized spacial score (nSPS) is 10.6. The molecule has 0 saturated heterocycles. The van der Waals surface area contributed by atoms with Crippen LogP contribution < -0.4 is 14.2 Å². The molecule has 0 unspecified atom stereocenters. The van der Waals surface area contributed by atoms with E-state index < -0.39 is 12.8 Å². The van der Waals surface area contributed by atoms with Gasteiger partial charge in [-0.05, 0) is 24.4 Å². The molecule has 3 aromatic heterocycles. The zero-order valence-electron chi connectivity index (χ0n) is 17.9. The van der Waals surface area contributed by atoms with Gasteiger partial charge < -0.3 is 25.4 Å². The predicted molar refractivity (Wildman–Crippen MR) is 124 cm³/mol. The first-order valence-electron chi connectivity index (χ1n) is 9.19. The summed E-state index contributed by atoms with van der Waals surface area (Å²) in [6.07, 6.45) is 1.94. The number of ether oxygens (including phenoxy) is 2. The number of aromatic nitrogens is 6. The number of hydrogen-bond acceptors (Lipinski definition) is 8. The van der Waals surface area contributed by atoms with Crippen LogP contribution in [0.25, 0.3) is 16.6 Å². The van der Waals surface area contributed by atoms with Crippen LogP contribution in [0.5, 0.6) is 11.8 Å². The van der Waals surface area contributed by atoms with Crippen molar-refractivity contribution in [1.29, 1.82) is 0 Å². The molecule has 0 aliphatic rings. The van der Waals surface area contributed by atoms with Crippen molar-refractivity contribution in [2.45, 2.75) is 24.7 Å². The largest absolute Gasteiger partial charge is 0.481 e. The zero-order valence-corrected chi connectivity index (χ0v) is 18.7. The zero-order chi connectivity index (χ0) is 22.0. The van der Waals surface area contributed by atoms with Crippen LogP contribution in [-0.4, -0.2) is 61.5 Å². The van der Waals surface area contributed by atoms with E-state index in [1.54, 1.807) is 17.2 Å². The van der Waals surface area contributed by atoms with Gasteiger partial charge in [0.25, 0.3) is 0 Å². The summed E-state index contributed by atoms with van der Waals surface area (Å²) < 4.78 is 39.2. The molecule has 33 heavy (non-hydrogen) atoms. The second kappa shape index (κ2) is 10.9. The lowest BCUT2D eigenvalue weighted by Gasteiger charge is -2.13. The first-order valence-corrected chi connectivity index (χ1v) is 10.0. The number of hydrogen-bond donors (Lipinski definition) is 2. The number of benzene rings is 1. The molecule has 0 bridgehead atoms. The van der Waals surface area contributed by atoms with Crippen LogP contribution >= 0.6 is 11.9 Å². The van der Waals surface area contributed by atoms with Crippen LogP contribution in [0, 0.1) is 6.92 Å². The van der Waals surface area contributed by atoms with Crippen molar-refractivity contribution in [3.63, 3.8) is 0 Å². The molecule has 1 aromatic carbocycles. The molecular weight excluding hydrogens is 460 g/mol. The number of aromatic amines is 1. The van der Waals surface area contributed by atoms with Gasteiger partial charge in [0.1, 0.15) is 5.69 Å². The minimum atomic E-state index is -2.58. The minimum absolute atomic E-state index is 0. The number of H-pyrrole nitrogens is 1. The SMILES string of the molecule is COc1nc(NSc2c[nH]c3c(-n4nccn4)c(C)ccc23)nc(OC)c1CC(F)F.O.O.[HH].[HH]. The second-order valence-electron chi connectivity index (χ2n) is 6.47. The summed E-state index contributed by atoms with van der Waals surface area (Å²) in [6, 6.07) is 3.98. The van der Waals surface area contributed by atoms with E-state index in [-0.39, 0.29) is 37.1 Å². The predicted octanol–water partition coefficient (Wildman–Crippen LogP) is 2.63. The number of methoxy groups -OCH3 is 2. The molecule has 0 aliphatic carbocycles. The van der Waals surface area contributed by atoms with Crippen molar-refractivity contribution < 1.29 is 32.1 Å². The highest BCUT2D eigenvalue weighted by Crippen LogP contribution is 2.34. The smallest absolute Gasteiger partial charge is 0.243 e. The van der Waals surface area contributed by atoms with Crippen LogP contribution in [-0.2, 0) is 6.42 Å². The first kappa shape index (κ1) is 25.8. The Morgan fingerprint density at radius 3 is 2.33 bits per heavy atom. The fraction of sp³-hybridized carbons (Fsp3) is 0.263. The number of alkyl halides is 2. The summed E-state index contributed by atoms with van der Waals surface area (Å²) in [5.74, 6) is 0.251. The molecule has 4 rings (SSSR count). The van der Waals surface area contributed by atoms with Gasteiger partial charge in [-0.2, -0.15) is 20.2 Å². The number of nitrogens with zero attached hydrogens (tertiary/aromatic N) is 5. The third-order valence-electron chi connectivity index (χ3n) is 4.54. The summed E-state index contributed by atoms with van der Waals surface area (Å²) in [7, 11) is 2.72. The maximum Gasteiger partial charge on any atom is 0.243 e. The monoisotopic (exact) mass is 487 g/mol. The van der Waals surface area contributed by atoms with Gasteiger partial charge in [0.15, 0.2) is 0 Å². The number of halogens is 2. The standard InChI is InChI=1S/C19H19F2N7O2S.2H2O.2H2/c1-10-4-5-11-13(9-22-15(11)16(10)28-23-6-7-24-28)31-27-19-25-17(29-2)12(8-14(20)21)18(26-19)30-3;;;;/h4-7,9,14,22H,8H2,1-3H3,(H,25,26,27);2*1H2;2*1H. The van der Waals surface area contributed by atoms with Crippen molar-refractivity contribution in [1.82, 2.24) is 29.9 Å². The molecule has 0 atom stereocenters. The minimum Gasteiger partial charge on any atom is -0.481 e. The number of nitrogens with one attached hydrogen (secondary N) is 2. The van der Waals surface area contributed by atoms with Crippen LogP contribution in [0.3, 0.4) is 0 Å². The summed E-state index contributed by atoms with van der Waals surface area (Å²) in [5, 5.41) is 9.41. The Morgan fingerprint density at radius 1 is 1.12 bits per heavy atom. The Bertz CT molecular complexity index is 1190. The van der Waals surface area contributed by atoms with E-state index in [2.05, 4.69) is 29.9 Å². The number of aryl methyl sites for hydroxylation is 1. The Balaban J connectivity index is 0.00000289. The van der Waals surface area contributed by atoms with E-state index >= 15 is 0 Å². The Morgan fingerprint density at radius 2 is 1.76 bits per heavy atom. The van der Waals surface area contributed by atoms with Crippen molar-refractivity contribution in [3.05, 3.63) is 41.9 Å². The molecule has 182 valence electrons. The topological polar surface area (TPSA) is 166 Å². The van der Waals surface area contributed by atoms with Gasteiger partial charge in [0.2, 0.25) is 24.1 Å². The van der Waals surface area contributed by atoms with Crippen molar-refractivity contribution in [2.75, 3.05) is 18.9 Å². The molecule has 11 nitrogen and oxygen atoms in total. The second-order valence-corrected chi connectivity index (χ2v) is 7.32. The molecule has 14 heteroatoms. The van der Waals surface area contributed by atoms with Gasteiger partial charge in [-0.3, -0.25) is 4.72 Å². The van der Waals surface area contributed by atoms with Crippen molar-refractivity contribution in [3.8, 4) is 17.4 Å². The lowest BCUT2D eigenvalue weighted by atomic mass is 10.1. The molecule has 0 aliphatic heterocycles. The molecule has 0 radical (unpaired) electrons. The highest BCUT2D eigenvalue weighted by atomic mass is 32.2. The van der Waals surface area contributed by atoms with Crippen LogP contribution in [0.15, 0.2) is 35.6 Å². The molecule has 0 amide bonds. The third kappa shape index (κ3) is 5.13. The summed E-state index contributed by atoms with van der Waals surface area (Å²) in [4.78, 5) is 14.1. The summed E-state index contributed by atoms with van der Waals surface area (Å²) >= 11 is 1.26. The quantitative estimate of drug-likeness (QED) is 0.358. The van der Waals surface area contributed by atoms with Gasteiger partial charge in [0.05, 0.1) is 42.6 Å². The molecule has 0 fully saturated rings. The maximum atomic E-state index is 12.9. The highest BCUT2D eigenvalue weighted by Gasteiger charge is 2.20. The lowest BCUT2D eigenvalue weighted by molar-refractivity contribution is 0.146. The van der Waals surface area contributed by atoms with E-state index in [0.717, 1.165) is 27.0 Å². The van der Waals surface area contributed by atoms with E-state index in [9.17, 15) is 8.78 Å². The summed E-state index contributed by atoms with van der Waals surface area (Å²) in [6.45, 7) is 1.98. The average molecular weight is 488 g/mol. The summed E-state index contributed by atoms with van der Waals surface area (Å²) in [5.41, 5.74) is 2.87. The van der Waals surface area contributed by atoms with E-state index in [4.69, 9.17) is 9.47 Å². The highest BCUT2D eigenvalue weighted by molar-refractivity contribution is 8.00. The van der Waals surface area contributed by atoms with Gasteiger partial charge >= 0.3 is 0 Å². The van der Waals surface area contributed by atoms with Crippen LogP contribution in [0.4, 0.5) is 14.7 Å². The fourth-order valence-electron chi connectivity index (χ4n) is 3.19. The van der Waals surface area contributed by atoms with Gasteiger partial charge in [0, 0.05) is 20.9 Å². The van der Waals surface area contributed by atoms with Gasteiger partial charge in [-0.25, -0.2) is 8.78 Å². The average Bonchev–Trinajstić information content (AvgIpc) is 3.42. The van der Waals surface area contributed by atoms with Gasteiger partial charge in [-0.15, -0.1) is 4.80 Å². The molecule has 3 heterocycles. The lowest BCUT2D eigenvalue weighted by Crippen LogP contribution is -2.08. The number of rotatable bonds is 8. The Labute approximate surface area is 194 Å². The maximum absolute atomic E-state index is 12.9. The molecule has 0 saturated carbocycles. The van der Waals surface area contributed by atoms with Gasteiger partial charge in [-0.1, -0.05) is 12.1 Å². The molecule has 6 N–H and O–H groups in total. The van der Waals surface area contributed by atoms with Crippen molar-refractivity contribution >= 4 is 28.8 Å². The van der Waals surface area contributed by atoms with Crippen LogP contribution in [0.2, 0.25) is 0 Å². The first-order chi connectivity index (χ1) is 15.0. The third-order valence-corrected chi connectivity index (χ3v) is 5.38.